The van der Waals surface area contributed by atoms with Gasteiger partial charge in [0.1, 0.15) is 0 Å². The first kappa shape index (κ1) is 35.2. The van der Waals surface area contributed by atoms with Crippen LogP contribution in [-0.2, 0) is 21.5 Å². The van der Waals surface area contributed by atoms with Crippen LogP contribution in [0, 0.1) is 11.3 Å². The third-order valence-corrected chi connectivity index (χ3v) is 11.3. The number of aliphatic carboxylic acids is 1. The average Bonchev–Trinajstić information content (AvgIpc) is 3.51. The largest absolute Gasteiger partial charge is 0.481 e. The molecule has 0 unspecified atom stereocenters. The fourth-order valence-electron chi connectivity index (χ4n) is 8.61. The SMILES string of the molecule is CC(C)(C)C[C@@H]1N[C@@H](C(=O)NC2CCC(CC(=O)O)CC2)[C@H](c2ccccc2Cl)[C@]12CN(Cc1ccc(C(=O)O)cc1)c1ccc(Cl)cc12. The normalized spacial score (nSPS) is 26.5. The topological polar surface area (TPSA) is 119 Å². The van der Waals surface area contributed by atoms with Gasteiger partial charge in [0.25, 0.3) is 0 Å². The number of carbonyl (C=O) groups excluding carboxylic acids is 1. The monoisotopic (exact) mass is 705 g/mol. The number of carbonyl (C=O) groups is 3. The van der Waals surface area contributed by atoms with E-state index >= 15 is 0 Å². The smallest absolute Gasteiger partial charge is 0.335 e. The van der Waals surface area contributed by atoms with Gasteiger partial charge >= 0.3 is 11.9 Å². The summed E-state index contributed by atoms with van der Waals surface area (Å²) in [4.78, 5) is 39.7. The molecule has 2 aliphatic heterocycles. The lowest BCUT2D eigenvalue weighted by atomic mass is 9.63. The Kier molecular flexibility index (Phi) is 10.0. The fourth-order valence-corrected chi connectivity index (χ4v) is 9.04. The lowest BCUT2D eigenvalue weighted by molar-refractivity contribution is -0.138. The van der Waals surface area contributed by atoms with Gasteiger partial charge in [-0.2, -0.15) is 0 Å². The summed E-state index contributed by atoms with van der Waals surface area (Å²) < 4.78 is 0. The Hall–Kier alpha value is -3.59. The number of aromatic carboxylic acids is 1. The molecule has 2 heterocycles. The molecule has 1 saturated carbocycles. The zero-order valence-corrected chi connectivity index (χ0v) is 29.7. The van der Waals surface area contributed by atoms with E-state index < -0.39 is 23.4 Å². The average molecular weight is 707 g/mol. The molecule has 1 spiro atoms. The summed E-state index contributed by atoms with van der Waals surface area (Å²) in [5.41, 5.74) is 3.53. The molecule has 1 aliphatic carbocycles. The van der Waals surface area contributed by atoms with Gasteiger partial charge in [0.15, 0.2) is 0 Å². The molecular weight excluding hydrogens is 661 g/mol. The molecule has 8 nitrogen and oxygen atoms in total. The van der Waals surface area contributed by atoms with Crippen LogP contribution in [-0.4, -0.2) is 52.7 Å². The van der Waals surface area contributed by atoms with Gasteiger partial charge in [-0.3, -0.25) is 9.59 Å². The van der Waals surface area contributed by atoms with Crippen molar-refractivity contribution < 1.29 is 24.6 Å². The zero-order valence-electron chi connectivity index (χ0n) is 28.2. The number of carboxylic acids is 2. The van der Waals surface area contributed by atoms with Crippen molar-refractivity contribution in [2.45, 2.75) is 95.3 Å². The first-order valence-electron chi connectivity index (χ1n) is 17.1. The molecule has 3 aromatic carbocycles. The molecule has 3 aromatic rings. The number of amides is 1. The Bertz CT molecular complexity index is 1720. The van der Waals surface area contributed by atoms with Gasteiger partial charge in [0.2, 0.25) is 5.91 Å². The molecule has 1 amide bonds. The number of benzene rings is 3. The molecule has 1 saturated heterocycles. The van der Waals surface area contributed by atoms with Gasteiger partial charge < -0.3 is 25.7 Å². The van der Waals surface area contributed by atoms with Crippen LogP contribution in [0.2, 0.25) is 10.0 Å². The second-order valence-electron chi connectivity index (χ2n) is 15.3. The molecule has 10 heteroatoms. The van der Waals surface area contributed by atoms with Gasteiger partial charge in [-0.25, -0.2) is 4.79 Å². The number of anilines is 1. The van der Waals surface area contributed by atoms with Crippen molar-refractivity contribution in [1.29, 1.82) is 0 Å². The van der Waals surface area contributed by atoms with Crippen molar-refractivity contribution in [2.75, 3.05) is 11.4 Å². The van der Waals surface area contributed by atoms with E-state index in [4.69, 9.17) is 23.2 Å². The van der Waals surface area contributed by atoms with Gasteiger partial charge in [-0.05, 0) is 96.5 Å². The molecule has 6 rings (SSSR count). The summed E-state index contributed by atoms with van der Waals surface area (Å²) in [6, 6.07) is 20.0. The third-order valence-electron chi connectivity index (χ3n) is 10.7. The third kappa shape index (κ3) is 7.33. The molecule has 3 aliphatic rings. The predicted molar refractivity (Wildman–Crippen MR) is 193 cm³/mol. The summed E-state index contributed by atoms with van der Waals surface area (Å²) in [5, 5.41) is 27.2. The fraction of sp³-hybridized carbons (Fsp3) is 0.462. The predicted octanol–water partition coefficient (Wildman–Crippen LogP) is 7.66. The first-order valence-corrected chi connectivity index (χ1v) is 17.9. The molecule has 0 aromatic heterocycles. The van der Waals surface area contributed by atoms with E-state index in [0.717, 1.165) is 54.5 Å². The van der Waals surface area contributed by atoms with Crippen LogP contribution in [0.5, 0.6) is 0 Å². The molecular formula is C39H45Cl2N3O5. The van der Waals surface area contributed by atoms with Gasteiger partial charge in [0.05, 0.1) is 11.6 Å². The van der Waals surface area contributed by atoms with E-state index in [1.165, 1.54) is 0 Å². The number of nitrogens with zero attached hydrogens (tertiary/aromatic N) is 1. The van der Waals surface area contributed by atoms with Crippen LogP contribution in [0.3, 0.4) is 0 Å². The van der Waals surface area contributed by atoms with Gasteiger partial charge in [-0.1, -0.05) is 74.3 Å². The van der Waals surface area contributed by atoms with Crippen molar-refractivity contribution in [3.8, 4) is 0 Å². The lowest BCUT2D eigenvalue weighted by Gasteiger charge is -2.40. The highest BCUT2D eigenvalue weighted by molar-refractivity contribution is 6.31. The maximum atomic E-state index is 14.6. The van der Waals surface area contributed by atoms with Gasteiger partial charge in [0, 0.05) is 58.7 Å². The summed E-state index contributed by atoms with van der Waals surface area (Å²) in [7, 11) is 0. The Morgan fingerprint density at radius 3 is 2.29 bits per heavy atom. The maximum absolute atomic E-state index is 14.6. The molecule has 0 bridgehead atoms. The van der Waals surface area contributed by atoms with E-state index in [-0.39, 0.29) is 47.2 Å². The number of hydrogen-bond acceptors (Lipinski definition) is 5. The van der Waals surface area contributed by atoms with Crippen LogP contribution in [0.1, 0.15) is 92.3 Å². The van der Waals surface area contributed by atoms with E-state index in [1.54, 1.807) is 12.1 Å². The second kappa shape index (κ2) is 14.0. The Morgan fingerprint density at radius 1 is 0.959 bits per heavy atom. The number of carboxylic acid groups (broad SMARTS) is 2. The van der Waals surface area contributed by atoms with Crippen LogP contribution >= 0.6 is 23.2 Å². The molecule has 0 radical (unpaired) electrons. The molecule has 260 valence electrons. The number of rotatable bonds is 9. The molecule has 49 heavy (non-hydrogen) atoms. The van der Waals surface area contributed by atoms with Crippen LogP contribution in [0.4, 0.5) is 5.69 Å². The minimum absolute atomic E-state index is 0.0283. The van der Waals surface area contributed by atoms with E-state index in [1.807, 2.05) is 42.5 Å². The van der Waals surface area contributed by atoms with E-state index in [0.29, 0.717) is 23.1 Å². The highest BCUT2D eigenvalue weighted by Crippen LogP contribution is 2.58. The Labute approximate surface area is 298 Å². The Morgan fingerprint density at radius 2 is 1.65 bits per heavy atom. The zero-order chi connectivity index (χ0) is 35.1. The van der Waals surface area contributed by atoms with Crippen molar-refractivity contribution in [1.82, 2.24) is 10.6 Å². The summed E-state index contributed by atoms with van der Waals surface area (Å²) in [6.07, 6.45) is 3.99. The molecule has 4 atom stereocenters. The van der Waals surface area contributed by atoms with Crippen LogP contribution in [0.25, 0.3) is 0 Å². The summed E-state index contributed by atoms with van der Waals surface area (Å²) in [6.45, 7) is 7.78. The molecule has 4 N–H and O–H groups in total. The van der Waals surface area contributed by atoms with Gasteiger partial charge in [-0.15, -0.1) is 0 Å². The van der Waals surface area contributed by atoms with E-state index in [9.17, 15) is 24.6 Å². The highest BCUT2D eigenvalue weighted by atomic mass is 35.5. The minimum atomic E-state index is -0.964. The first-order chi connectivity index (χ1) is 23.2. The van der Waals surface area contributed by atoms with Crippen molar-refractivity contribution in [3.05, 3.63) is 99.0 Å². The standard InChI is InChI=1S/C39H45Cl2N3O5/c1-38(2,3)20-32-39(22-44(31-17-14-26(40)19-29(31)39)21-24-8-12-25(13-9-24)37(48)49)34(28-6-4-5-7-30(28)41)35(43-32)36(47)42-27-15-10-23(11-16-27)18-33(45)46/h4-9,12-14,17,19,23,27,32,34-35,43H,10-11,15-16,18,20-22H2,1-3H3,(H,42,47)(H,45,46)(H,48,49)/t23?,27?,32-,34-,35+,39-/m0/s1. The maximum Gasteiger partial charge on any atom is 0.335 e. The van der Waals surface area contributed by atoms with Crippen molar-refractivity contribution in [3.63, 3.8) is 0 Å². The lowest BCUT2D eigenvalue weighted by Crippen LogP contribution is -2.49. The molecule has 2 fully saturated rings. The second-order valence-corrected chi connectivity index (χ2v) is 16.2. The number of hydrogen-bond donors (Lipinski definition) is 4. The van der Waals surface area contributed by atoms with E-state index in [2.05, 4.69) is 48.4 Å². The summed E-state index contributed by atoms with van der Waals surface area (Å²) in [5.74, 6) is -2.02. The quantitative estimate of drug-likeness (QED) is 0.181. The number of halogens is 2. The highest BCUT2D eigenvalue weighted by Gasteiger charge is 2.62. The number of nitrogens with one attached hydrogen (secondary N) is 2. The summed E-state index contributed by atoms with van der Waals surface area (Å²) >= 11 is 13.8. The van der Waals surface area contributed by atoms with Crippen LogP contribution < -0.4 is 15.5 Å². The van der Waals surface area contributed by atoms with Crippen molar-refractivity contribution >= 4 is 46.7 Å². The minimum Gasteiger partial charge on any atom is -0.481 e. The van der Waals surface area contributed by atoms with Crippen molar-refractivity contribution in [2.24, 2.45) is 11.3 Å². The van der Waals surface area contributed by atoms with Crippen LogP contribution in [0.15, 0.2) is 66.7 Å². The Balaban J connectivity index is 1.42. The number of fused-ring (bicyclic) bond motifs is 2.